The Balaban J connectivity index is 1.26. The smallest absolute Gasteiger partial charge is 0.231 e. The number of amides is 1. The summed E-state index contributed by atoms with van der Waals surface area (Å²) in [5, 5.41) is 13.9. The molecular formula is C20H18N4O4. The van der Waals surface area contributed by atoms with Crippen molar-refractivity contribution in [2.45, 2.75) is 6.42 Å². The van der Waals surface area contributed by atoms with Crippen molar-refractivity contribution in [2.24, 2.45) is 0 Å². The van der Waals surface area contributed by atoms with Crippen LogP contribution in [0.2, 0.25) is 0 Å². The zero-order chi connectivity index (χ0) is 19.2. The topological polar surface area (TPSA) is 94.6 Å². The summed E-state index contributed by atoms with van der Waals surface area (Å²) in [6, 6.07) is 18.3. The number of fused-ring (bicyclic) bond motifs is 1. The van der Waals surface area contributed by atoms with Gasteiger partial charge in [-0.25, -0.2) is 0 Å². The molecule has 1 aliphatic heterocycles. The third-order valence-corrected chi connectivity index (χ3v) is 3.92. The molecule has 2 heterocycles. The number of nitrogens with one attached hydrogen (secondary N) is 2. The van der Waals surface area contributed by atoms with E-state index in [0.717, 1.165) is 11.4 Å². The number of carbonyl (C=O) groups excluding carboxylic acids is 1. The molecule has 28 heavy (non-hydrogen) atoms. The number of benzene rings is 2. The number of para-hydroxylation sites is 1. The second kappa shape index (κ2) is 8.26. The van der Waals surface area contributed by atoms with Crippen LogP contribution in [0.4, 0.5) is 17.3 Å². The molecule has 0 saturated heterocycles. The third-order valence-electron chi connectivity index (χ3n) is 3.92. The lowest BCUT2D eigenvalue weighted by atomic mass is 10.3. The van der Waals surface area contributed by atoms with E-state index in [0.29, 0.717) is 23.1 Å². The van der Waals surface area contributed by atoms with Gasteiger partial charge in [-0.1, -0.05) is 18.2 Å². The summed E-state index contributed by atoms with van der Waals surface area (Å²) in [4.78, 5) is 12.0. The van der Waals surface area contributed by atoms with Crippen LogP contribution in [-0.2, 0) is 4.79 Å². The minimum Gasteiger partial charge on any atom is -0.493 e. The van der Waals surface area contributed by atoms with Crippen LogP contribution in [0.5, 0.6) is 17.2 Å². The van der Waals surface area contributed by atoms with Crippen molar-refractivity contribution in [3.05, 3.63) is 60.7 Å². The predicted molar refractivity (Wildman–Crippen MR) is 103 cm³/mol. The van der Waals surface area contributed by atoms with Crippen LogP contribution in [0.3, 0.4) is 0 Å². The lowest BCUT2D eigenvalue weighted by molar-refractivity contribution is -0.116. The Bertz CT molecular complexity index is 948. The van der Waals surface area contributed by atoms with Crippen molar-refractivity contribution in [1.29, 1.82) is 0 Å². The molecule has 2 aromatic carbocycles. The van der Waals surface area contributed by atoms with E-state index in [1.165, 1.54) is 0 Å². The largest absolute Gasteiger partial charge is 0.493 e. The maximum atomic E-state index is 12.0. The quantitative estimate of drug-likeness (QED) is 0.651. The predicted octanol–water partition coefficient (Wildman–Crippen LogP) is 3.36. The highest BCUT2D eigenvalue weighted by Gasteiger charge is 2.13. The van der Waals surface area contributed by atoms with Crippen molar-refractivity contribution in [1.82, 2.24) is 10.2 Å². The average molecular weight is 378 g/mol. The Kier molecular flexibility index (Phi) is 5.19. The molecule has 1 aliphatic rings. The molecule has 0 fully saturated rings. The minimum atomic E-state index is -0.193. The van der Waals surface area contributed by atoms with Crippen LogP contribution in [-0.4, -0.2) is 29.5 Å². The highest BCUT2D eigenvalue weighted by molar-refractivity contribution is 5.89. The van der Waals surface area contributed by atoms with Crippen molar-refractivity contribution >= 4 is 23.2 Å². The van der Waals surface area contributed by atoms with Crippen LogP contribution in [0.15, 0.2) is 60.7 Å². The minimum absolute atomic E-state index is 0.193. The van der Waals surface area contributed by atoms with Gasteiger partial charge in [-0.05, 0) is 36.4 Å². The van der Waals surface area contributed by atoms with Crippen LogP contribution >= 0.6 is 0 Å². The monoisotopic (exact) mass is 378 g/mol. The molecule has 0 unspecified atom stereocenters. The van der Waals surface area contributed by atoms with E-state index in [1.807, 2.05) is 48.5 Å². The van der Waals surface area contributed by atoms with Gasteiger partial charge in [0.2, 0.25) is 12.7 Å². The molecule has 1 amide bonds. The Hall–Kier alpha value is -3.81. The molecule has 8 nitrogen and oxygen atoms in total. The second-order valence-electron chi connectivity index (χ2n) is 5.96. The summed E-state index contributed by atoms with van der Waals surface area (Å²) in [6.07, 6.45) is 0.216. The van der Waals surface area contributed by atoms with Gasteiger partial charge < -0.3 is 24.8 Å². The van der Waals surface area contributed by atoms with Gasteiger partial charge >= 0.3 is 0 Å². The van der Waals surface area contributed by atoms with Gasteiger partial charge in [-0.3, -0.25) is 4.79 Å². The Labute approximate surface area is 161 Å². The molecule has 0 bridgehead atoms. The number of anilines is 3. The molecule has 0 radical (unpaired) electrons. The number of ether oxygens (including phenoxy) is 3. The van der Waals surface area contributed by atoms with Gasteiger partial charge in [0.15, 0.2) is 23.1 Å². The summed E-state index contributed by atoms with van der Waals surface area (Å²) < 4.78 is 16.1. The SMILES string of the molecule is O=C(CCOc1ccccc1)Nc1ccc(Nc2ccc3c(c2)OCO3)nn1. The van der Waals surface area contributed by atoms with E-state index >= 15 is 0 Å². The van der Waals surface area contributed by atoms with Crippen LogP contribution in [0.1, 0.15) is 6.42 Å². The maximum absolute atomic E-state index is 12.0. The zero-order valence-corrected chi connectivity index (χ0v) is 14.9. The highest BCUT2D eigenvalue weighted by atomic mass is 16.7. The van der Waals surface area contributed by atoms with Gasteiger partial charge in [0.05, 0.1) is 13.0 Å². The molecule has 4 rings (SSSR count). The number of nitrogens with zero attached hydrogens (tertiary/aromatic N) is 2. The first-order valence-corrected chi connectivity index (χ1v) is 8.74. The fourth-order valence-corrected chi connectivity index (χ4v) is 2.57. The number of hydrogen-bond donors (Lipinski definition) is 2. The normalized spacial score (nSPS) is 11.7. The fourth-order valence-electron chi connectivity index (χ4n) is 2.57. The zero-order valence-electron chi connectivity index (χ0n) is 14.9. The van der Waals surface area contributed by atoms with Gasteiger partial charge in [0, 0.05) is 11.8 Å². The summed E-state index contributed by atoms with van der Waals surface area (Å²) in [5.74, 6) is 2.85. The standard InChI is InChI=1S/C20H18N4O4/c25-20(10-11-26-15-4-2-1-3-5-15)22-19-9-8-18(23-24-19)21-14-6-7-16-17(12-14)28-13-27-16/h1-9,12H,10-11,13H2,(H,21,23)(H,22,24,25). The molecule has 0 aliphatic carbocycles. The van der Waals surface area contributed by atoms with Crippen LogP contribution < -0.4 is 24.8 Å². The van der Waals surface area contributed by atoms with Crippen LogP contribution in [0, 0.1) is 0 Å². The molecule has 0 atom stereocenters. The molecule has 8 heteroatoms. The van der Waals surface area contributed by atoms with Crippen LogP contribution in [0.25, 0.3) is 0 Å². The third kappa shape index (κ3) is 4.47. The van der Waals surface area contributed by atoms with Crippen molar-refractivity contribution in [3.8, 4) is 17.2 Å². The van der Waals surface area contributed by atoms with Gasteiger partial charge in [-0.15, -0.1) is 10.2 Å². The average Bonchev–Trinajstić information content (AvgIpc) is 3.18. The lowest BCUT2D eigenvalue weighted by Crippen LogP contribution is -2.16. The van der Waals surface area contributed by atoms with E-state index < -0.39 is 0 Å². The molecule has 1 aromatic heterocycles. The van der Waals surface area contributed by atoms with E-state index in [4.69, 9.17) is 14.2 Å². The van der Waals surface area contributed by atoms with Crippen molar-refractivity contribution in [3.63, 3.8) is 0 Å². The summed E-state index contributed by atoms with van der Waals surface area (Å²) >= 11 is 0. The second-order valence-corrected chi connectivity index (χ2v) is 5.96. The first-order chi connectivity index (χ1) is 13.8. The summed E-state index contributed by atoms with van der Waals surface area (Å²) in [5.41, 5.74) is 0.799. The van der Waals surface area contributed by atoms with E-state index in [-0.39, 0.29) is 25.7 Å². The number of carbonyl (C=O) groups is 1. The number of hydrogen-bond acceptors (Lipinski definition) is 7. The first kappa shape index (κ1) is 17.6. The van der Waals surface area contributed by atoms with E-state index in [1.54, 1.807) is 12.1 Å². The molecule has 0 spiro atoms. The number of rotatable bonds is 7. The molecule has 0 saturated carbocycles. The number of aromatic nitrogens is 2. The van der Waals surface area contributed by atoms with E-state index in [9.17, 15) is 4.79 Å². The molecular weight excluding hydrogens is 360 g/mol. The summed E-state index contributed by atoms with van der Waals surface area (Å²) in [7, 11) is 0. The van der Waals surface area contributed by atoms with E-state index in [2.05, 4.69) is 20.8 Å². The van der Waals surface area contributed by atoms with Gasteiger partial charge in [0.1, 0.15) is 5.75 Å². The van der Waals surface area contributed by atoms with Gasteiger partial charge in [0.25, 0.3) is 0 Å². The van der Waals surface area contributed by atoms with Crippen molar-refractivity contribution in [2.75, 3.05) is 24.0 Å². The van der Waals surface area contributed by atoms with Gasteiger partial charge in [-0.2, -0.15) is 0 Å². The Morgan fingerprint density at radius 3 is 2.57 bits per heavy atom. The Morgan fingerprint density at radius 2 is 1.75 bits per heavy atom. The highest BCUT2D eigenvalue weighted by Crippen LogP contribution is 2.34. The maximum Gasteiger partial charge on any atom is 0.231 e. The fraction of sp³-hybridized carbons (Fsp3) is 0.150. The Morgan fingerprint density at radius 1 is 0.964 bits per heavy atom. The molecule has 3 aromatic rings. The van der Waals surface area contributed by atoms with Crippen molar-refractivity contribution < 1.29 is 19.0 Å². The molecule has 142 valence electrons. The lowest BCUT2D eigenvalue weighted by Gasteiger charge is -2.08. The molecule has 2 N–H and O–H groups in total. The summed E-state index contributed by atoms with van der Waals surface area (Å²) in [6.45, 7) is 0.510. The first-order valence-electron chi connectivity index (χ1n) is 8.74.